The quantitative estimate of drug-likeness (QED) is 0.233. The van der Waals surface area contributed by atoms with Crippen LogP contribution >= 0.6 is 24.0 Å². The summed E-state index contributed by atoms with van der Waals surface area (Å²) in [5.41, 5.74) is 0.981. The van der Waals surface area contributed by atoms with Crippen LogP contribution < -0.4 is 20.1 Å². The third-order valence-corrected chi connectivity index (χ3v) is 4.04. The molecule has 0 heterocycles. The molecule has 2 rings (SSSR count). The van der Waals surface area contributed by atoms with Crippen molar-refractivity contribution in [1.82, 2.24) is 10.6 Å². The molecule has 0 fully saturated rings. The lowest BCUT2D eigenvalue weighted by Gasteiger charge is -2.17. The van der Waals surface area contributed by atoms with Crippen LogP contribution in [0, 0.1) is 5.82 Å². The van der Waals surface area contributed by atoms with E-state index in [4.69, 9.17) is 4.74 Å². The summed E-state index contributed by atoms with van der Waals surface area (Å²) in [6.07, 6.45) is -0.881. The van der Waals surface area contributed by atoms with Gasteiger partial charge in [-0.2, -0.15) is 8.78 Å². The number of nitrogens with zero attached hydrogens (tertiary/aromatic N) is 1. The van der Waals surface area contributed by atoms with Gasteiger partial charge in [0.1, 0.15) is 5.82 Å². The first-order valence-electron chi connectivity index (χ1n) is 9.59. The monoisotopic (exact) mass is 553 g/mol. The standard InChI is InChI=1S/C21H26F3N3O3.HI/c1-3-25-21(27-13-17(28)14-8-10-16(22)11-9-14)26-12-15-6-5-7-18(29-4-2)19(15)30-20(23)24;/h5-11,17,20,28H,3-4,12-13H2,1-2H3,(H2,25,26,27);1H. The van der Waals surface area contributed by atoms with Gasteiger partial charge in [-0.05, 0) is 37.6 Å². The van der Waals surface area contributed by atoms with Gasteiger partial charge in [0.25, 0.3) is 0 Å². The highest BCUT2D eigenvalue weighted by molar-refractivity contribution is 14.0. The van der Waals surface area contributed by atoms with E-state index in [-0.39, 0.29) is 54.4 Å². The Labute approximate surface area is 196 Å². The molecule has 0 saturated carbocycles. The molecular weight excluding hydrogens is 526 g/mol. The molecule has 0 spiro atoms. The number of aliphatic imine (C=N–C) groups is 1. The predicted molar refractivity (Wildman–Crippen MR) is 124 cm³/mol. The molecule has 0 amide bonds. The van der Waals surface area contributed by atoms with Crippen LogP contribution in [-0.2, 0) is 6.54 Å². The van der Waals surface area contributed by atoms with Gasteiger partial charge in [0.15, 0.2) is 17.5 Å². The van der Waals surface area contributed by atoms with Gasteiger partial charge >= 0.3 is 6.61 Å². The number of benzene rings is 2. The first kappa shape index (κ1) is 26.8. The Hall–Kier alpha value is -2.21. The van der Waals surface area contributed by atoms with Gasteiger partial charge in [-0.25, -0.2) is 9.38 Å². The molecule has 6 nitrogen and oxygen atoms in total. The molecule has 172 valence electrons. The molecule has 3 N–H and O–H groups in total. The van der Waals surface area contributed by atoms with E-state index in [9.17, 15) is 18.3 Å². The van der Waals surface area contributed by atoms with E-state index in [1.807, 2.05) is 6.92 Å². The van der Waals surface area contributed by atoms with E-state index >= 15 is 0 Å². The van der Waals surface area contributed by atoms with E-state index in [1.165, 1.54) is 24.3 Å². The summed E-state index contributed by atoms with van der Waals surface area (Å²) >= 11 is 0. The second-order valence-corrected chi connectivity index (χ2v) is 6.20. The Kier molecular flexibility index (Phi) is 12.1. The zero-order valence-electron chi connectivity index (χ0n) is 17.3. The number of aliphatic hydroxyl groups excluding tert-OH is 1. The number of hydrogen-bond donors (Lipinski definition) is 3. The predicted octanol–water partition coefficient (Wildman–Crippen LogP) is 4.23. The number of rotatable bonds is 10. The lowest BCUT2D eigenvalue weighted by molar-refractivity contribution is -0.0520. The molecule has 0 aromatic heterocycles. The van der Waals surface area contributed by atoms with Crippen LogP contribution in [0.4, 0.5) is 13.2 Å². The molecule has 0 aliphatic heterocycles. The zero-order chi connectivity index (χ0) is 21.9. The van der Waals surface area contributed by atoms with Crippen molar-refractivity contribution in [3.8, 4) is 11.5 Å². The van der Waals surface area contributed by atoms with E-state index in [0.29, 0.717) is 30.2 Å². The van der Waals surface area contributed by atoms with Crippen molar-refractivity contribution in [2.45, 2.75) is 33.1 Å². The van der Waals surface area contributed by atoms with Crippen molar-refractivity contribution < 1.29 is 27.8 Å². The fraction of sp³-hybridized carbons (Fsp3) is 0.381. The number of guanidine groups is 1. The van der Waals surface area contributed by atoms with E-state index in [1.54, 1.807) is 25.1 Å². The maximum absolute atomic E-state index is 13.0. The third-order valence-electron chi connectivity index (χ3n) is 4.04. The maximum atomic E-state index is 13.0. The van der Waals surface area contributed by atoms with Gasteiger partial charge in [-0.1, -0.05) is 24.3 Å². The summed E-state index contributed by atoms with van der Waals surface area (Å²) in [6.45, 7) is 1.65. The highest BCUT2D eigenvalue weighted by Gasteiger charge is 2.16. The van der Waals surface area contributed by atoms with Crippen molar-refractivity contribution in [3.63, 3.8) is 0 Å². The summed E-state index contributed by atoms with van der Waals surface area (Å²) in [5.74, 6) is 0.156. The van der Waals surface area contributed by atoms with Crippen LogP contribution in [0.3, 0.4) is 0 Å². The maximum Gasteiger partial charge on any atom is 0.387 e. The van der Waals surface area contributed by atoms with E-state index in [2.05, 4.69) is 20.4 Å². The van der Waals surface area contributed by atoms with E-state index in [0.717, 1.165) is 0 Å². The minimum Gasteiger partial charge on any atom is -0.490 e. The normalized spacial score (nSPS) is 12.2. The smallest absolute Gasteiger partial charge is 0.387 e. The van der Waals surface area contributed by atoms with Gasteiger partial charge < -0.3 is 25.2 Å². The second-order valence-electron chi connectivity index (χ2n) is 6.20. The minimum absolute atomic E-state index is 0. The number of aliphatic hydroxyl groups is 1. The Morgan fingerprint density at radius 1 is 1.10 bits per heavy atom. The van der Waals surface area contributed by atoms with Crippen LogP contribution in [0.2, 0.25) is 0 Å². The summed E-state index contributed by atoms with van der Waals surface area (Å²) in [5, 5.41) is 16.3. The Balaban J connectivity index is 0.00000480. The number of para-hydroxylation sites is 1. The topological polar surface area (TPSA) is 75.1 Å². The first-order chi connectivity index (χ1) is 14.4. The van der Waals surface area contributed by atoms with Crippen LogP contribution in [0.1, 0.15) is 31.1 Å². The van der Waals surface area contributed by atoms with Gasteiger partial charge in [0.2, 0.25) is 0 Å². The number of hydrogen-bond acceptors (Lipinski definition) is 4. The summed E-state index contributed by atoms with van der Waals surface area (Å²) < 4.78 is 48.7. The zero-order valence-corrected chi connectivity index (χ0v) is 19.6. The van der Waals surface area contributed by atoms with Gasteiger partial charge in [-0.3, -0.25) is 0 Å². The Morgan fingerprint density at radius 3 is 2.42 bits per heavy atom. The number of alkyl halides is 2. The van der Waals surface area contributed by atoms with Crippen molar-refractivity contribution in [2.75, 3.05) is 19.7 Å². The average Bonchev–Trinajstić information content (AvgIpc) is 2.72. The first-order valence-corrected chi connectivity index (χ1v) is 9.59. The largest absolute Gasteiger partial charge is 0.490 e. The fourth-order valence-electron chi connectivity index (χ4n) is 2.68. The SMILES string of the molecule is CCNC(=NCc1cccc(OCC)c1OC(F)F)NCC(O)c1ccc(F)cc1.I. The second kappa shape index (κ2) is 14.0. The molecule has 0 saturated heterocycles. The van der Waals surface area contributed by atoms with Crippen molar-refractivity contribution >= 4 is 29.9 Å². The molecule has 0 bridgehead atoms. The van der Waals surface area contributed by atoms with Gasteiger partial charge in [0.05, 0.1) is 19.3 Å². The number of nitrogens with one attached hydrogen (secondary N) is 2. The molecule has 1 unspecified atom stereocenters. The lowest BCUT2D eigenvalue weighted by atomic mass is 10.1. The summed E-state index contributed by atoms with van der Waals surface area (Å²) in [7, 11) is 0. The molecule has 2 aromatic carbocycles. The summed E-state index contributed by atoms with van der Waals surface area (Å²) in [4.78, 5) is 4.38. The minimum atomic E-state index is -2.99. The number of halogens is 4. The van der Waals surface area contributed by atoms with Crippen molar-refractivity contribution in [2.24, 2.45) is 4.99 Å². The molecule has 2 aromatic rings. The molecule has 0 aliphatic rings. The van der Waals surface area contributed by atoms with E-state index < -0.39 is 12.7 Å². The highest BCUT2D eigenvalue weighted by atomic mass is 127. The Bertz CT molecular complexity index is 823. The van der Waals surface area contributed by atoms with Crippen LogP contribution in [0.25, 0.3) is 0 Å². The average molecular weight is 553 g/mol. The van der Waals surface area contributed by atoms with Crippen LogP contribution in [-0.4, -0.2) is 37.4 Å². The lowest BCUT2D eigenvalue weighted by Crippen LogP contribution is -2.39. The molecule has 0 aliphatic carbocycles. The number of ether oxygens (including phenoxy) is 2. The highest BCUT2D eigenvalue weighted by Crippen LogP contribution is 2.33. The van der Waals surface area contributed by atoms with Crippen molar-refractivity contribution in [1.29, 1.82) is 0 Å². The summed E-state index contributed by atoms with van der Waals surface area (Å²) in [6, 6.07) is 10.4. The fourth-order valence-corrected chi connectivity index (χ4v) is 2.68. The van der Waals surface area contributed by atoms with Crippen LogP contribution in [0.5, 0.6) is 11.5 Å². The molecule has 1 atom stereocenters. The van der Waals surface area contributed by atoms with Crippen molar-refractivity contribution in [3.05, 3.63) is 59.4 Å². The molecule has 10 heteroatoms. The molecular formula is C21H27F3IN3O3. The third kappa shape index (κ3) is 8.82. The Morgan fingerprint density at radius 2 is 1.81 bits per heavy atom. The van der Waals surface area contributed by atoms with Gasteiger partial charge in [-0.15, -0.1) is 24.0 Å². The molecule has 31 heavy (non-hydrogen) atoms. The van der Waals surface area contributed by atoms with Crippen LogP contribution in [0.15, 0.2) is 47.5 Å². The molecule has 0 radical (unpaired) electrons. The van der Waals surface area contributed by atoms with Gasteiger partial charge in [0, 0.05) is 18.7 Å².